The molecule has 0 saturated heterocycles. The summed E-state index contributed by atoms with van der Waals surface area (Å²) in [6.45, 7) is 0.302. The number of hydrogen-bond donors (Lipinski definition) is 1. The standard InChI is InChI=1S/C13H10ClF2N/c14-11-3-1-8(5-10(11)7-17)9-2-4-12(15)13(16)6-9/h1-6H,7,17H2. The van der Waals surface area contributed by atoms with E-state index in [0.717, 1.165) is 23.3 Å². The van der Waals surface area contributed by atoms with E-state index in [1.54, 1.807) is 18.2 Å². The molecule has 0 aliphatic carbocycles. The van der Waals surface area contributed by atoms with E-state index >= 15 is 0 Å². The molecule has 2 aromatic rings. The molecular weight excluding hydrogens is 244 g/mol. The fourth-order valence-electron chi connectivity index (χ4n) is 1.59. The van der Waals surface area contributed by atoms with Gasteiger partial charge in [-0.2, -0.15) is 0 Å². The summed E-state index contributed by atoms with van der Waals surface area (Å²) >= 11 is 5.93. The van der Waals surface area contributed by atoms with Crippen LogP contribution in [0.1, 0.15) is 5.56 Å². The number of benzene rings is 2. The van der Waals surface area contributed by atoms with Crippen molar-refractivity contribution in [3.8, 4) is 11.1 Å². The molecule has 17 heavy (non-hydrogen) atoms. The molecule has 2 rings (SSSR count). The topological polar surface area (TPSA) is 26.0 Å². The van der Waals surface area contributed by atoms with Crippen molar-refractivity contribution >= 4 is 11.6 Å². The van der Waals surface area contributed by atoms with Crippen molar-refractivity contribution in [2.75, 3.05) is 0 Å². The van der Waals surface area contributed by atoms with E-state index in [2.05, 4.69) is 0 Å². The Balaban J connectivity index is 2.49. The van der Waals surface area contributed by atoms with Crippen LogP contribution in [0.25, 0.3) is 11.1 Å². The molecule has 2 N–H and O–H groups in total. The summed E-state index contributed by atoms with van der Waals surface area (Å²) in [5, 5.41) is 0.568. The van der Waals surface area contributed by atoms with Crippen LogP contribution in [-0.4, -0.2) is 0 Å². The van der Waals surface area contributed by atoms with Crippen LogP contribution >= 0.6 is 11.6 Å². The van der Waals surface area contributed by atoms with Crippen molar-refractivity contribution in [2.45, 2.75) is 6.54 Å². The molecule has 0 atom stereocenters. The maximum Gasteiger partial charge on any atom is 0.159 e. The SMILES string of the molecule is NCc1cc(-c2ccc(F)c(F)c2)ccc1Cl. The molecule has 0 aliphatic heterocycles. The molecule has 0 radical (unpaired) electrons. The van der Waals surface area contributed by atoms with Crippen LogP contribution in [0.4, 0.5) is 8.78 Å². The van der Waals surface area contributed by atoms with E-state index in [9.17, 15) is 8.78 Å². The summed E-state index contributed by atoms with van der Waals surface area (Å²) in [5.41, 5.74) is 7.66. The highest BCUT2D eigenvalue weighted by atomic mass is 35.5. The molecule has 0 saturated carbocycles. The fraction of sp³-hybridized carbons (Fsp3) is 0.0769. The highest BCUT2D eigenvalue weighted by Gasteiger charge is 2.06. The number of nitrogens with two attached hydrogens (primary N) is 1. The van der Waals surface area contributed by atoms with Crippen LogP contribution in [0.2, 0.25) is 5.02 Å². The zero-order valence-electron chi connectivity index (χ0n) is 8.88. The van der Waals surface area contributed by atoms with Crippen LogP contribution < -0.4 is 5.73 Å². The Bertz CT molecular complexity index is 555. The minimum absolute atomic E-state index is 0.302. The molecule has 2 aromatic carbocycles. The maximum atomic E-state index is 13.1. The van der Waals surface area contributed by atoms with Crippen LogP contribution in [0, 0.1) is 11.6 Å². The summed E-state index contributed by atoms with van der Waals surface area (Å²) in [4.78, 5) is 0. The van der Waals surface area contributed by atoms with Gasteiger partial charge in [0.15, 0.2) is 11.6 Å². The molecule has 0 unspecified atom stereocenters. The molecule has 0 aromatic heterocycles. The average molecular weight is 254 g/mol. The fourth-order valence-corrected chi connectivity index (χ4v) is 1.78. The highest BCUT2D eigenvalue weighted by molar-refractivity contribution is 6.31. The van der Waals surface area contributed by atoms with Gasteiger partial charge in [-0.25, -0.2) is 8.78 Å². The first-order valence-electron chi connectivity index (χ1n) is 5.05. The molecule has 0 aliphatic rings. The molecule has 1 nitrogen and oxygen atoms in total. The molecule has 0 amide bonds. The number of halogens is 3. The summed E-state index contributed by atoms with van der Waals surface area (Å²) < 4.78 is 25.9. The lowest BCUT2D eigenvalue weighted by molar-refractivity contribution is 0.509. The van der Waals surface area contributed by atoms with Crippen molar-refractivity contribution in [2.24, 2.45) is 5.73 Å². The Morgan fingerprint density at radius 2 is 1.59 bits per heavy atom. The van der Waals surface area contributed by atoms with Crippen molar-refractivity contribution in [3.63, 3.8) is 0 Å². The summed E-state index contributed by atoms with van der Waals surface area (Å²) in [6.07, 6.45) is 0. The van der Waals surface area contributed by atoms with Gasteiger partial charge in [-0.1, -0.05) is 23.7 Å². The molecule has 0 spiro atoms. The smallest absolute Gasteiger partial charge is 0.159 e. The zero-order chi connectivity index (χ0) is 12.4. The first kappa shape index (κ1) is 12.0. The van der Waals surface area contributed by atoms with Gasteiger partial charge in [0.05, 0.1) is 0 Å². The monoisotopic (exact) mass is 253 g/mol. The molecule has 88 valence electrons. The lowest BCUT2D eigenvalue weighted by Gasteiger charge is -2.06. The Hall–Kier alpha value is -1.45. The van der Waals surface area contributed by atoms with Gasteiger partial charge in [0, 0.05) is 11.6 Å². The summed E-state index contributed by atoms with van der Waals surface area (Å²) in [5.74, 6) is -1.73. The predicted octanol–water partition coefficient (Wildman–Crippen LogP) is 3.74. The third-order valence-corrected chi connectivity index (χ3v) is 2.89. The van der Waals surface area contributed by atoms with Crippen molar-refractivity contribution < 1.29 is 8.78 Å². The Morgan fingerprint density at radius 3 is 2.24 bits per heavy atom. The van der Waals surface area contributed by atoms with Gasteiger partial charge in [-0.05, 0) is 41.0 Å². The molecule has 4 heteroatoms. The van der Waals surface area contributed by atoms with E-state index < -0.39 is 11.6 Å². The van der Waals surface area contributed by atoms with Crippen LogP contribution in [0.3, 0.4) is 0 Å². The van der Waals surface area contributed by atoms with Gasteiger partial charge in [0.25, 0.3) is 0 Å². The average Bonchev–Trinajstić information content (AvgIpc) is 2.33. The predicted molar refractivity (Wildman–Crippen MR) is 64.7 cm³/mol. The third kappa shape index (κ3) is 2.46. The third-order valence-electron chi connectivity index (χ3n) is 2.52. The molecule has 0 fully saturated rings. The molecular formula is C13H10ClF2N. The second-order valence-corrected chi connectivity index (χ2v) is 4.05. The van der Waals surface area contributed by atoms with E-state index in [-0.39, 0.29) is 0 Å². The van der Waals surface area contributed by atoms with E-state index in [1.807, 2.05) is 0 Å². The van der Waals surface area contributed by atoms with Gasteiger partial charge >= 0.3 is 0 Å². The minimum atomic E-state index is -0.869. The largest absolute Gasteiger partial charge is 0.326 e. The second kappa shape index (κ2) is 4.82. The van der Waals surface area contributed by atoms with Crippen LogP contribution in [0.15, 0.2) is 36.4 Å². The van der Waals surface area contributed by atoms with Gasteiger partial charge in [-0.15, -0.1) is 0 Å². The summed E-state index contributed by atoms with van der Waals surface area (Å²) in [7, 11) is 0. The van der Waals surface area contributed by atoms with Crippen LogP contribution in [-0.2, 0) is 6.54 Å². The van der Waals surface area contributed by atoms with Gasteiger partial charge in [-0.3, -0.25) is 0 Å². The van der Waals surface area contributed by atoms with Crippen molar-refractivity contribution in [3.05, 3.63) is 58.6 Å². The Labute approximate surface area is 103 Å². The lowest BCUT2D eigenvalue weighted by Crippen LogP contribution is -1.97. The number of hydrogen-bond acceptors (Lipinski definition) is 1. The Kier molecular flexibility index (Phi) is 3.41. The van der Waals surface area contributed by atoms with Gasteiger partial charge in [0.1, 0.15) is 0 Å². The summed E-state index contributed by atoms with van der Waals surface area (Å²) in [6, 6.07) is 8.98. The molecule has 0 heterocycles. The lowest BCUT2D eigenvalue weighted by atomic mass is 10.0. The van der Waals surface area contributed by atoms with Crippen molar-refractivity contribution in [1.82, 2.24) is 0 Å². The van der Waals surface area contributed by atoms with Crippen LogP contribution in [0.5, 0.6) is 0 Å². The first-order chi connectivity index (χ1) is 8.11. The zero-order valence-corrected chi connectivity index (χ0v) is 9.64. The van der Waals surface area contributed by atoms with Crippen molar-refractivity contribution in [1.29, 1.82) is 0 Å². The van der Waals surface area contributed by atoms with E-state index in [0.29, 0.717) is 17.1 Å². The normalized spacial score (nSPS) is 10.6. The Morgan fingerprint density at radius 1 is 0.941 bits per heavy atom. The second-order valence-electron chi connectivity index (χ2n) is 3.64. The van der Waals surface area contributed by atoms with E-state index in [1.165, 1.54) is 6.07 Å². The quantitative estimate of drug-likeness (QED) is 0.867. The van der Waals surface area contributed by atoms with Gasteiger partial charge < -0.3 is 5.73 Å². The maximum absolute atomic E-state index is 13.1. The highest BCUT2D eigenvalue weighted by Crippen LogP contribution is 2.26. The minimum Gasteiger partial charge on any atom is -0.326 e. The number of rotatable bonds is 2. The molecule has 0 bridgehead atoms. The van der Waals surface area contributed by atoms with E-state index in [4.69, 9.17) is 17.3 Å². The van der Waals surface area contributed by atoms with Gasteiger partial charge in [0.2, 0.25) is 0 Å². The first-order valence-corrected chi connectivity index (χ1v) is 5.43.